The van der Waals surface area contributed by atoms with Gasteiger partial charge >= 0.3 is 12.0 Å². The van der Waals surface area contributed by atoms with Crippen molar-refractivity contribution in [2.24, 2.45) is 0 Å². The summed E-state index contributed by atoms with van der Waals surface area (Å²) >= 11 is 0. The van der Waals surface area contributed by atoms with Gasteiger partial charge in [-0.05, 0) is 43.9 Å². The number of benzene rings is 1. The molecule has 3 N–H and O–H groups in total. The predicted molar refractivity (Wildman–Crippen MR) is 71.3 cm³/mol. The largest absolute Gasteiger partial charge is 0.478 e. The van der Waals surface area contributed by atoms with Gasteiger partial charge in [0.2, 0.25) is 0 Å². The molecule has 19 heavy (non-hydrogen) atoms. The normalized spacial score (nSPS) is 15.6. The summed E-state index contributed by atoms with van der Waals surface area (Å²) in [5.74, 6) is -0.936. The van der Waals surface area contributed by atoms with E-state index >= 15 is 0 Å². The van der Waals surface area contributed by atoms with Crippen LogP contribution in [0.4, 0.5) is 4.79 Å². The third kappa shape index (κ3) is 3.98. The molecule has 1 aliphatic carbocycles. The van der Waals surface area contributed by atoms with Gasteiger partial charge in [0.05, 0.1) is 5.56 Å². The van der Waals surface area contributed by atoms with Crippen molar-refractivity contribution in [3.63, 3.8) is 0 Å². The van der Waals surface area contributed by atoms with Crippen LogP contribution in [-0.2, 0) is 6.42 Å². The molecule has 1 aromatic rings. The van der Waals surface area contributed by atoms with Crippen molar-refractivity contribution >= 4 is 12.0 Å². The van der Waals surface area contributed by atoms with E-state index in [1.165, 1.54) is 0 Å². The Hall–Kier alpha value is -2.04. The molecule has 0 saturated heterocycles. The molecule has 0 aromatic heterocycles. The highest BCUT2D eigenvalue weighted by molar-refractivity contribution is 5.87. The molecule has 0 radical (unpaired) electrons. The number of urea groups is 1. The van der Waals surface area contributed by atoms with Gasteiger partial charge in [-0.1, -0.05) is 12.1 Å². The lowest BCUT2D eigenvalue weighted by Crippen LogP contribution is -2.42. The number of hydrogen-bond donors (Lipinski definition) is 3. The van der Waals surface area contributed by atoms with Crippen LogP contribution < -0.4 is 10.6 Å². The second kappa shape index (κ2) is 5.30. The van der Waals surface area contributed by atoms with Crippen LogP contribution in [0.3, 0.4) is 0 Å². The molecule has 2 amide bonds. The molecule has 5 heteroatoms. The van der Waals surface area contributed by atoms with Crippen LogP contribution in [0.1, 0.15) is 35.7 Å². The molecule has 2 rings (SSSR count). The molecule has 1 aromatic carbocycles. The number of amides is 2. The first-order chi connectivity index (χ1) is 8.98. The number of hydrogen-bond acceptors (Lipinski definition) is 2. The van der Waals surface area contributed by atoms with Gasteiger partial charge in [0.25, 0.3) is 0 Å². The molecular weight excluding hydrogens is 244 g/mol. The van der Waals surface area contributed by atoms with E-state index in [1.807, 2.05) is 13.0 Å². The van der Waals surface area contributed by atoms with E-state index in [1.54, 1.807) is 18.2 Å². The van der Waals surface area contributed by atoms with Crippen molar-refractivity contribution in [3.05, 3.63) is 35.4 Å². The minimum Gasteiger partial charge on any atom is -0.478 e. The highest BCUT2D eigenvalue weighted by Gasteiger charge is 2.38. The Morgan fingerprint density at radius 1 is 1.37 bits per heavy atom. The Kier molecular flexibility index (Phi) is 3.74. The summed E-state index contributed by atoms with van der Waals surface area (Å²) in [5.41, 5.74) is 1.15. The van der Waals surface area contributed by atoms with Gasteiger partial charge in [-0.25, -0.2) is 9.59 Å². The van der Waals surface area contributed by atoms with Crippen LogP contribution in [0.15, 0.2) is 24.3 Å². The van der Waals surface area contributed by atoms with E-state index in [0.29, 0.717) is 13.0 Å². The van der Waals surface area contributed by atoms with Crippen molar-refractivity contribution in [1.82, 2.24) is 10.6 Å². The topological polar surface area (TPSA) is 78.4 Å². The molecule has 0 heterocycles. The Morgan fingerprint density at radius 2 is 2.11 bits per heavy atom. The molecular formula is C14H18N2O3. The summed E-state index contributed by atoms with van der Waals surface area (Å²) in [5, 5.41) is 14.6. The lowest BCUT2D eigenvalue weighted by Gasteiger charge is -2.12. The van der Waals surface area contributed by atoms with Crippen molar-refractivity contribution in [2.75, 3.05) is 6.54 Å². The third-order valence-corrected chi connectivity index (χ3v) is 3.29. The summed E-state index contributed by atoms with van der Waals surface area (Å²) in [4.78, 5) is 22.4. The number of carboxylic acids is 1. The Morgan fingerprint density at radius 3 is 2.74 bits per heavy atom. The zero-order chi connectivity index (χ0) is 13.9. The number of carboxylic acid groups (broad SMARTS) is 1. The van der Waals surface area contributed by atoms with Crippen LogP contribution in [0.2, 0.25) is 0 Å². The maximum Gasteiger partial charge on any atom is 0.335 e. The van der Waals surface area contributed by atoms with Crippen molar-refractivity contribution < 1.29 is 14.7 Å². The van der Waals surface area contributed by atoms with Crippen LogP contribution in [0, 0.1) is 0 Å². The van der Waals surface area contributed by atoms with E-state index in [0.717, 1.165) is 18.4 Å². The number of carbonyl (C=O) groups is 2. The minimum absolute atomic E-state index is 0.0205. The molecule has 1 aliphatic rings. The lowest BCUT2D eigenvalue weighted by molar-refractivity contribution is 0.0696. The first-order valence-corrected chi connectivity index (χ1v) is 6.37. The Balaban J connectivity index is 1.77. The molecule has 0 spiro atoms. The maximum atomic E-state index is 11.5. The zero-order valence-corrected chi connectivity index (χ0v) is 10.9. The van der Waals surface area contributed by atoms with E-state index in [-0.39, 0.29) is 17.1 Å². The Labute approximate surface area is 112 Å². The quantitative estimate of drug-likeness (QED) is 0.756. The van der Waals surface area contributed by atoms with Gasteiger partial charge in [-0.3, -0.25) is 0 Å². The van der Waals surface area contributed by atoms with E-state index < -0.39 is 5.97 Å². The van der Waals surface area contributed by atoms with Gasteiger partial charge in [0.15, 0.2) is 0 Å². The molecule has 102 valence electrons. The van der Waals surface area contributed by atoms with Gasteiger partial charge in [0.1, 0.15) is 0 Å². The zero-order valence-electron chi connectivity index (χ0n) is 10.9. The highest BCUT2D eigenvalue weighted by Crippen LogP contribution is 2.33. The van der Waals surface area contributed by atoms with Crippen molar-refractivity contribution in [2.45, 2.75) is 31.7 Å². The summed E-state index contributed by atoms with van der Waals surface area (Å²) in [6.07, 6.45) is 2.67. The lowest BCUT2D eigenvalue weighted by atomic mass is 10.1. The van der Waals surface area contributed by atoms with E-state index in [2.05, 4.69) is 10.6 Å². The monoisotopic (exact) mass is 262 g/mol. The molecule has 5 nitrogen and oxygen atoms in total. The Bertz CT molecular complexity index is 495. The fourth-order valence-electron chi connectivity index (χ4n) is 1.81. The molecule has 0 unspecified atom stereocenters. The minimum atomic E-state index is -0.936. The molecule has 1 saturated carbocycles. The fourth-order valence-corrected chi connectivity index (χ4v) is 1.81. The summed E-state index contributed by atoms with van der Waals surface area (Å²) < 4.78 is 0. The predicted octanol–water partition coefficient (Wildman–Crippen LogP) is 1.78. The number of carbonyl (C=O) groups excluding carboxylic acids is 1. The van der Waals surface area contributed by atoms with Gasteiger partial charge in [0, 0.05) is 12.1 Å². The van der Waals surface area contributed by atoms with Gasteiger partial charge in [-0.2, -0.15) is 0 Å². The van der Waals surface area contributed by atoms with Crippen LogP contribution >= 0.6 is 0 Å². The SMILES string of the molecule is CC1(NC(=O)NCCc2cccc(C(=O)O)c2)CC1. The van der Waals surface area contributed by atoms with E-state index in [4.69, 9.17) is 5.11 Å². The average Bonchev–Trinajstić information content (AvgIpc) is 3.07. The van der Waals surface area contributed by atoms with Crippen molar-refractivity contribution in [1.29, 1.82) is 0 Å². The molecule has 0 atom stereocenters. The molecule has 1 fully saturated rings. The highest BCUT2D eigenvalue weighted by atomic mass is 16.4. The standard InChI is InChI=1S/C14H18N2O3/c1-14(6-7-14)16-13(19)15-8-5-10-3-2-4-11(9-10)12(17)18/h2-4,9H,5-8H2,1H3,(H,17,18)(H2,15,16,19). The summed E-state index contributed by atoms with van der Waals surface area (Å²) in [7, 11) is 0. The van der Waals surface area contributed by atoms with Crippen LogP contribution in [-0.4, -0.2) is 29.2 Å². The average molecular weight is 262 g/mol. The first kappa shape index (κ1) is 13.4. The van der Waals surface area contributed by atoms with Crippen LogP contribution in [0.25, 0.3) is 0 Å². The second-order valence-electron chi connectivity index (χ2n) is 5.20. The summed E-state index contributed by atoms with van der Waals surface area (Å²) in [6, 6.07) is 6.59. The van der Waals surface area contributed by atoms with E-state index in [9.17, 15) is 9.59 Å². The van der Waals surface area contributed by atoms with Crippen LogP contribution in [0.5, 0.6) is 0 Å². The summed E-state index contributed by atoms with van der Waals surface area (Å²) in [6.45, 7) is 2.51. The molecule has 0 aliphatic heterocycles. The second-order valence-corrected chi connectivity index (χ2v) is 5.20. The first-order valence-electron chi connectivity index (χ1n) is 6.37. The molecule has 0 bridgehead atoms. The third-order valence-electron chi connectivity index (χ3n) is 3.29. The fraction of sp³-hybridized carbons (Fsp3) is 0.429. The maximum absolute atomic E-state index is 11.5. The number of rotatable bonds is 5. The smallest absolute Gasteiger partial charge is 0.335 e. The van der Waals surface area contributed by atoms with Gasteiger partial charge < -0.3 is 15.7 Å². The van der Waals surface area contributed by atoms with Crippen molar-refractivity contribution in [3.8, 4) is 0 Å². The number of aromatic carboxylic acids is 1. The van der Waals surface area contributed by atoms with Gasteiger partial charge in [-0.15, -0.1) is 0 Å². The number of nitrogens with one attached hydrogen (secondary N) is 2.